The third-order valence-electron chi connectivity index (χ3n) is 12.2. The molecule has 0 aromatic carbocycles. The molecule has 2 fully saturated rings. The summed E-state index contributed by atoms with van der Waals surface area (Å²) in [6.07, 6.45) is 4.50. The summed E-state index contributed by atoms with van der Waals surface area (Å²) < 4.78 is 28.4. The van der Waals surface area contributed by atoms with Crippen molar-refractivity contribution < 1.29 is 84.3 Å². The number of esters is 2. The topological polar surface area (TPSA) is 309 Å². The van der Waals surface area contributed by atoms with Crippen LogP contribution in [0, 0.1) is 17.8 Å². The monoisotopic (exact) mass is 938 g/mol. The quantitative estimate of drug-likeness (QED) is 0.174. The summed E-state index contributed by atoms with van der Waals surface area (Å²) in [6.45, 7) is 6.78. The summed E-state index contributed by atoms with van der Waals surface area (Å²) >= 11 is 0. The van der Waals surface area contributed by atoms with Gasteiger partial charge < -0.3 is 80.5 Å². The minimum absolute atomic E-state index is 0.0949. The molecule has 2 saturated heterocycles. The lowest BCUT2D eigenvalue weighted by atomic mass is 9.82. The van der Waals surface area contributed by atoms with Crippen molar-refractivity contribution in [3.8, 4) is 0 Å². The van der Waals surface area contributed by atoms with Crippen molar-refractivity contribution in [1.82, 2.24) is 0 Å². The van der Waals surface area contributed by atoms with Crippen LogP contribution in [0.5, 0.6) is 0 Å². The molecule has 3 heterocycles. The summed E-state index contributed by atoms with van der Waals surface area (Å²) in [6, 6.07) is -1.13. The lowest BCUT2D eigenvalue weighted by Gasteiger charge is -2.45. The van der Waals surface area contributed by atoms with Gasteiger partial charge in [-0.25, -0.2) is 0 Å². The number of cyclic esters (lactones) is 1. The lowest BCUT2D eigenvalue weighted by Crippen LogP contribution is -2.61. The van der Waals surface area contributed by atoms with Crippen LogP contribution in [-0.2, 0) is 33.3 Å². The molecule has 18 heteroatoms. The Labute approximate surface area is 387 Å². The summed E-state index contributed by atoms with van der Waals surface area (Å²) in [5.41, 5.74) is 6.05. The van der Waals surface area contributed by atoms with Crippen molar-refractivity contribution in [2.45, 2.75) is 177 Å². The van der Waals surface area contributed by atoms with Crippen LogP contribution >= 0.6 is 0 Å². The number of methoxy groups -OCH3 is 1. The summed E-state index contributed by atoms with van der Waals surface area (Å²) in [4.78, 5) is 25.7. The van der Waals surface area contributed by atoms with Crippen molar-refractivity contribution in [3.63, 3.8) is 0 Å². The van der Waals surface area contributed by atoms with E-state index in [1.165, 1.54) is 0 Å². The molecular weight excluding hydrogens is 863 g/mol. The number of aliphatic hydroxyl groups excluding tert-OH is 9. The highest BCUT2D eigenvalue weighted by molar-refractivity contribution is 5.74. The number of allylic oxidation sites excluding steroid dienone is 12. The van der Waals surface area contributed by atoms with E-state index in [2.05, 4.69) is 0 Å². The Morgan fingerprint density at radius 1 is 0.667 bits per heavy atom. The number of hydrogen-bond acceptors (Lipinski definition) is 18. The minimum atomic E-state index is -2.27. The van der Waals surface area contributed by atoms with Crippen molar-refractivity contribution in [3.05, 3.63) is 85.1 Å². The van der Waals surface area contributed by atoms with Gasteiger partial charge in [0, 0.05) is 37.5 Å². The number of carbonyl (C=O) groups excluding carboxylic acids is 2. The van der Waals surface area contributed by atoms with E-state index in [1.807, 2.05) is 37.3 Å². The molecule has 12 N–H and O–H groups in total. The molecule has 0 aliphatic carbocycles. The smallest absolute Gasteiger partial charge is 0.313 e. The third-order valence-corrected chi connectivity index (χ3v) is 12.2. The summed E-state index contributed by atoms with van der Waals surface area (Å²) in [5, 5.41) is 109. The number of nitrogens with two attached hydrogens (primary N) is 1. The predicted molar refractivity (Wildman–Crippen MR) is 241 cm³/mol. The van der Waals surface area contributed by atoms with Crippen LogP contribution in [-0.4, -0.2) is 168 Å². The predicted octanol–water partition coefficient (Wildman–Crippen LogP) is 0.800. The van der Waals surface area contributed by atoms with Crippen LogP contribution in [0.1, 0.15) is 79.1 Å². The maximum absolute atomic E-state index is 13.1. The fourth-order valence-electron chi connectivity index (χ4n) is 8.09. The van der Waals surface area contributed by atoms with Crippen molar-refractivity contribution in [1.29, 1.82) is 0 Å². The first-order valence-corrected chi connectivity index (χ1v) is 22.7. The number of ether oxygens (including phenoxy) is 5. The average molecular weight is 938 g/mol. The number of aliphatic hydroxyl groups is 10. The van der Waals surface area contributed by atoms with Gasteiger partial charge in [0.1, 0.15) is 18.1 Å². The zero-order chi connectivity index (χ0) is 49.1. The van der Waals surface area contributed by atoms with Gasteiger partial charge >= 0.3 is 11.9 Å². The standard InChI is InChI=1S/C48H75NO17/c1-28-18-16-14-12-10-8-6-7-9-11-13-15-17-19-35(65-47-45(59)42(49)44(58)31(4)64-47)25-39-41(46(60)62-5)38(55)27-48(61,66-39)26-34(52)23-37(54)36(53)21-20-32(50)22-33(51)24-40(56)63-30(3)29(2)43(28)57/h6-19,28-39,41-45,47,50-55,57-59,61H,20-27,49H2,1-5H3/b7-6+,10-8+,11-9+,14-12+,15-13+,18-16+,19-17+/t28-,29-,30?,31?,32+,33+,34-,35-,36+,37+,38-,39-,41+,42?,43+,44?,45?,47?,48+/m0/s1. The van der Waals surface area contributed by atoms with Crippen molar-refractivity contribution in [2.75, 3.05) is 7.11 Å². The molecule has 0 aromatic rings. The SMILES string of the molecule is COC(=O)[C@H]1[C@@H]2C[C@@H](OC3OC(C)C(O)C(N)C3O)/C=C/C=C/C=C/C=C/C=C/C=C/C=C/[C@H](C)[C@@H](O)[C@@H](C)C(C)OC(=O)C[C@H](O)C[C@H](O)CC[C@@H](O)[C@H](O)C[C@H](O)C[C@](O)(C[C@@H]1O)O2. The van der Waals surface area contributed by atoms with Gasteiger partial charge in [0.2, 0.25) is 0 Å². The molecule has 0 spiro atoms. The van der Waals surface area contributed by atoms with Crippen LogP contribution in [0.25, 0.3) is 0 Å². The van der Waals surface area contributed by atoms with Gasteiger partial charge in [0.25, 0.3) is 0 Å². The zero-order valence-corrected chi connectivity index (χ0v) is 38.5. The van der Waals surface area contributed by atoms with Gasteiger partial charge in [-0.3, -0.25) is 9.59 Å². The Bertz CT molecular complexity index is 1680. The molecule has 0 aromatic heterocycles. The molecule has 0 saturated carbocycles. The summed E-state index contributed by atoms with van der Waals surface area (Å²) in [5.74, 6) is -5.93. The molecule has 3 aliphatic rings. The van der Waals surface area contributed by atoms with E-state index in [0.29, 0.717) is 0 Å². The highest BCUT2D eigenvalue weighted by Crippen LogP contribution is 2.38. The van der Waals surface area contributed by atoms with Gasteiger partial charge in [-0.2, -0.15) is 0 Å². The minimum Gasteiger partial charge on any atom is -0.469 e. The van der Waals surface area contributed by atoms with Crippen molar-refractivity contribution >= 4 is 11.9 Å². The Kier molecular flexibility index (Phi) is 24.3. The van der Waals surface area contributed by atoms with Crippen LogP contribution in [0.15, 0.2) is 85.1 Å². The first kappa shape index (κ1) is 56.9. The fraction of sp³-hybridized carbons (Fsp3) is 0.667. The second-order valence-corrected chi connectivity index (χ2v) is 17.8. The summed E-state index contributed by atoms with van der Waals surface area (Å²) in [7, 11) is 1.12. The number of carbonyl (C=O) groups is 2. The van der Waals surface area contributed by atoms with Gasteiger partial charge in [0.05, 0.1) is 86.7 Å². The maximum atomic E-state index is 13.1. The lowest BCUT2D eigenvalue weighted by molar-refractivity contribution is -0.308. The Morgan fingerprint density at radius 2 is 1.24 bits per heavy atom. The Hall–Kier alpha value is -3.44. The molecule has 374 valence electrons. The second kappa shape index (κ2) is 28.1. The normalized spacial score (nSPS) is 44.9. The van der Waals surface area contributed by atoms with Crippen LogP contribution in [0.2, 0.25) is 0 Å². The highest BCUT2D eigenvalue weighted by atomic mass is 16.7. The van der Waals surface area contributed by atoms with E-state index in [1.54, 1.807) is 75.5 Å². The number of rotatable bonds is 3. The maximum Gasteiger partial charge on any atom is 0.313 e. The van der Waals surface area contributed by atoms with Crippen LogP contribution in [0.3, 0.4) is 0 Å². The molecule has 19 atom stereocenters. The molecule has 3 aliphatic heterocycles. The fourth-order valence-corrected chi connectivity index (χ4v) is 8.09. The molecule has 0 amide bonds. The number of fused-ring (bicyclic) bond motifs is 2. The van der Waals surface area contributed by atoms with Gasteiger partial charge in [-0.1, -0.05) is 98.9 Å². The second-order valence-electron chi connectivity index (χ2n) is 17.8. The Morgan fingerprint density at radius 3 is 1.83 bits per heavy atom. The third kappa shape index (κ3) is 18.6. The van der Waals surface area contributed by atoms with E-state index in [0.717, 1.165) is 7.11 Å². The first-order chi connectivity index (χ1) is 31.2. The van der Waals surface area contributed by atoms with Gasteiger partial charge in [0.15, 0.2) is 12.1 Å². The average Bonchev–Trinajstić information content (AvgIpc) is 3.24. The van der Waals surface area contributed by atoms with Crippen LogP contribution < -0.4 is 5.73 Å². The molecule has 66 heavy (non-hydrogen) atoms. The molecule has 0 radical (unpaired) electrons. The van der Waals surface area contributed by atoms with E-state index < -0.39 is 147 Å². The molecule has 3 rings (SSSR count). The molecule has 6 unspecified atom stereocenters. The number of hydrogen-bond donors (Lipinski definition) is 11. The highest BCUT2D eigenvalue weighted by Gasteiger charge is 2.51. The Balaban J connectivity index is 1.88. The molecule has 2 bridgehead atoms. The van der Waals surface area contributed by atoms with E-state index in [9.17, 15) is 60.7 Å². The van der Waals surface area contributed by atoms with Gasteiger partial charge in [-0.15, -0.1) is 0 Å². The largest absolute Gasteiger partial charge is 0.469 e. The zero-order valence-electron chi connectivity index (χ0n) is 38.5. The van der Waals surface area contributed by atoms with Crippen molar-refractivity contribution in [2.24, 2.45) is 23.5 Å². The van der Waals surface area contributed by atoms with Gasteiger partial charge in [-0.05, 0) is 33.1 Å². The molecular formula is C48H75NO17. The first-order valence-electron chi connectivity index (χ1n) is 22.7. The van der Waals surface area contributed by atoms with Crippen LogP contribution in [0.4, 0.5) is 0 Å². The molecule has 18 nitrogen and oxygen atoms in total. The van der Waals surface area contributed by atoms with E-state index >= 15 is 0 Å². The van der Waals surface area contributed by atoms with E-state index in [4.69, 9.17) is 29.4 Å². The van der Waals surface area contributed by atoms with E-state index in [-0.39, 0.29) is 31.6 Å².